The molecule has 0 saturated carbocycles. The smallest absolute Gasteiger partial charge is 0.224 e. The Labute approximate surface area is 136 Å². The van der Waals surface area contributed by atoms with Crippen molar-refractivity contribution in [3.8, 4) is 0 Å². The van der Waals surface area contributed by atoms with Crippen molar-refractivity contribution in [3.63, 3.8) is 0 Å². The van der Waals surface area contributed by atoms with Gasteiger partial charge < -0.3 is 4.74 Å². The number of ether oxygens (including phenoxy) is 1. The zero-order valence-corrected chi connectivity index (χ0v) is 14.7. The molecule has 1 N–H and O–H groups in total. The molecule has 0 aromatic rings. The molecule has 134 valence electrons. The summed E-state index contributed by atoms with van der Waals surface area (Å²) in [6.45, 7) is 4.38. The molecule has 0 rings (SSSR count). The quantitative estimate of drug-likeness (QED) is 0.167. The number of hydrogen-bond acceptors (Lipinski definition) is 5. The molecule has 0 aliphatic heterocycles. The summed E-state index contributed by atoms with van der Waals surface area (Å²) in [7, 11) is 1.60. The van der Waals surface area contributed by atoms with Crippen molar-refractivity contribution in [2.45, 2.75) is 103 Å². The van der Waals surface area contributed by atoms with E-state index in [0.29, 0.717) is 6.42 Å². The summed E-state index contributed by atoms with van der Waals surface area (Å²) in [6, 6.07) is 0. The van der Waals surface area contributed by atoms with Crippen molar-refractivity contribution in [2.24, 2.45) is 0 Å². The van der Waals surface area contributed by atoms with Gasteiger partial charge in [-0.1, -0.05) is 65.2 Å². The van der Waals surface area contributed by atoms with Gasteiger partial charge in [0.05, 0.1) is 0 Å². The first-order valence-electron chi connectivity index (χ1n) is 8.93. The molecule has 22 heavy (non-hydrogen) atoms. The Morgan fingerprint density at radius 1 is 0.682 bits per heavy atom. The second kappa shape index (κ2) is 17.2. The van der Waals surface area contributed by atoms with Crippen LogP contribution in [0.25, 0.3) is 0 Å². The highest BCUT2D eigenvalue weighted by atomic mass is 17.3. The van der Waals surface area contributed by atoms with Gasteiger partial charge >= 0.3 is 0 Å². The Bertz CT molecular complexity index is 191. The van der Waals surface area contributed by atoms with Crippen LogP contribution in [-0.2, 0) is 19.4 Å². The highest BCUT2D eigenvalue weighted by molar-refractivity contribution is 4.48. The first-order chi connectivity index (χ1) is 10.8. The third-order valence-corrected chi connectivity index (χ3v) is 3.74. The minimum atomic E-state index is -0.737. The summed E-state index contributed by atoms with van der Waals surface area (Å²) >= 11 is 0. The molecule has 5 nitrogen and oxygen atoms in total. The molecule has 0 fully saturated rings. The second-order valence-electron chi connectivity index (χ2n) is 5.80. The Morgan fingerprint density at radius 2 is 1.14 bits per heavy atom. The van der Waals surface area contributed by atoms with Gasteiger partial charge in [-0.25, -0.2) is 15.0 Å². The van der Waals surface area contributed by atoms with Crippen LogP contribution < -0.4 is 0 Å². The van der Waals surface area contributed by atoms with Crippen LogP contribution in [0, 0.1) is 0 Å². The summed E-state index contributed by atoms with van der Waals surface area (Å²) in [4.78, 5) is 14.7. The summed E-state index contributed by atoms with van der Waals surface area (Å²) in [5.74, 6) is 0. The van der Waals surface area contributed by atoms with Crippen LogP contribution in [0.1, 0.15) is 90.9 Å². The lowest BCUT2D eigenvalue weighted by molar-refractivity contribution is -0.480. The lowest BCUT2D eigenvalue weighted by Crippen LogP contribution is -2.22. The van der Waals surface area contributed by atoms with Gasteiger partial charge in [0.1, 0.15) is 0 Å². The molecule has 5 heteroatoms. The SMILES string of the molecule is CCCCCCCC(OC)OOC(CCCCCCC)OO. The Kier molecular flexibility index (Phi) is 17.0. The topological polar surface area (TPSA) is 57.2 Å². The fraction of sp³-hybridized carbons (Fsp3) is 1.00. The van der Waals surface area contributed by atoms with E-state index < -0.39 is 12.6 Å². The monoisotopic (exact) mass is 320 g/mol. The Morgan fingerprint density at radius 3 is 1.59 bits per heavy atom. The predicted octanol–water partition coefficient (Wildman–Crippen LogP) is 5.44. The molecule has 2 unspecified atom stereocenters. The highest BCUT2D eigenvalue weighted by Gasteiger charge is 2.15. The number of rotatable bonds is 17. The molecule has 2 atom stereocenters. The van der Waals surface area contributed by atoms with E-state index in [2.05, 4.69) is 18.7 Å². The first kappa shape index (κ1) is 21.8. The van der Waals surface area contributed by atoms with Gasteiger partial charge in [0, 0.05) is 20.0 Å². The molecule has 0 amide bonds. The molecule has 0 aromatic carbocycles. The molecule has 0 aliphatic carbocycles. The molecular weight excluding hydrogens is 284 g/mol. The standard InChI is InChI=1S/C17H36O5/c1-4-6-8-10-12-14-16(19-3)21-22-17(20-18)15-13-11-9-7-5-2/h16-18H,4-15H2,1-3H3. The molecule has 0 aromatic heterocycles. The lowest BCUT2D eigenvalue weighted by Gasteiger charge is -2.18. The average molecular weight is 320 g/mol. The Hall–Kier alpha value is -0.200. The van der Waals surface area contributed by atoms with Gasteiger partial charge in [-0.05, 0) is 12.8 Å². The maximum atomic E-state index is 8.84. The minimum Gasteiger partial charge on any atom is -0.353 e. The van der Waals surface area contributed by atoms with E-state index in [1.54, 1.807) is 7.11 Å². The van der Waals surface area contributed by atoms with E-state index in [1.165, 1.54) is 44.9 Å². The van der Waals surface area contributed by atoms with Crippen molar-refractivity contribution >= 4 is 0 Å². The summed E-state index contributed by atoms with van der Waals surface area (Å²) in [5, 5.41) is 8.84. The van der Waals surface area contributed by atoms with E-state index in [0.717, 1.165) is 25.7 Å². The zero-order chi connectivity index (χ0) is 16.5. The van der Waals surface area contributed by atoms with E-state index in [4.69, 9.17) is 19.8 Å². The fourth-order valence-corrected chi connectivity index (χ4v) is 2.28. The van der Waals surface area contributed by atoms with E-state index in [9.17, 15) is 0 Å². The third-order valence-electron chi connectivity index (χ3n) is 3.74. The van der Waals surface area contributed by atoms with Crippen LogP contribution in [0.3, 0.4) is 0 Å². The van der Waals surface area contributed by atoms with Crippen molar-refractivity contribution in [3.05, 3.63) is 0 Å². The van der Waals surface area contributed by atoms with Crippen LogP contribution in [0.5, 0.6) is 0 Å². The molecule has 0 saturated heterocycles. The van der Waals surface area contributed by atoms with Crippen molar-refractivity contribution < 1.29 is 24.7 Å². The number of hydrogen-bond donors (Lipinski definition) is 1. The largest absolute Gasteiger partial charge is 0.353 e. The summed E-state index contributed by atoms with van der Waals surface area (Å²) in [6.07, 6.45) is 12.0. The maximum absolute atomic E-state index is 8.84. The van der Waals surface area contributed by atoms with Crippen molar-refractivity contribution in [1.82, 2.24) is 0 Å². The lowest BCUT2D eigenvalue weighted by atomic mass is 10.1. The predicted molar refractivity (Wildman–Crippen MR) is 87.2 cm³/mol. The van der Waals surface area contributed by atoms with E-state index >= 15 is 0 Å². The third kappa shape index (κ3) is 13.5. The first-order valence-corrected chi connectivity index (χ1v) is 8.93. The molecule has 0 bridgehead atoms. The number of unbranched alkanes of at least 4 members (excludes halogenated alkanes) is 8. The van der Waals surface area contributed by atoms with Crippen LogP contribution >= 0.6 is 0 Å². The van der Waals surface area contributed by atoms with Gasteiger partial charge in [-0.2, -0.15) is 4.89 Å². The average Bonchev–Trinajstić information content (AvgIpc) is 2.55. The van der Waals surface area contributed by atoms with Gasteiger partial charge in [-0.3, -0.25) is 0 Å². The second-order valence-corrected chi connectivity index (χ2v) is 5.80. The molecular formula is C17H36O5. The van der Waals surface area contributed by atoms with Crippen LogP contribution in [0.2, 0.25) is 0 Å². The van der Waals surface area contributed by atoms with Gasteiger partial charge in [0.15, 0.2) is 6.29 Å². The van der Waals surface area contributed by atoms with Crippen molar-refractivity contribution in [2.75, 3.05) is 7.11 Å². The van der Waals surface area contributed by atoms with Crippen LogP contribution in [-0.4, -0.2) is 24.9 Å². The van der Waals surface area contributed by atoms with E-state index in [-0.39, 0.29) is 0 Å². The highest BCUT2D eigenvalue weighted by Crippen LogP contribution is 2.14. The van der Waals surface area contributed by atoms with Crippen LogP contribution in [0.4, 0.5) is 0 Å². The Balaban J connectivity index is 3.68. The molecule has 0 spiro atoms. The van der Waals surface area contributed by atoms with Gasteiger partial charge in [-0.15, -0.1) is 0 Å². The minimum absolute atomic E-state index is 0.403. The normalized spacial score (nSPS) is 14.2. The van der Waals surface area contributed by atoms with E-state index in [1.807, 2.05) is 0 Å². The molecule has 0 heterocycles. The van der Waals surface area contributed by atoms with Crippen LogP contribution in [0.15, 0.2) is 0 Å². The van der Waals surface area contributed by atoms with Gasteiger partial charge in [0.25, 0.3) is 0 Å². The van der Waals surface area contributed by atoms with Crippen molar-refractivity contribution in [1.29, 1.82) is 0 Å². The molecule has 0 radical (unpaired) electrons. The number of methoxy groups -OCH3 is 1. The fourth-order valence-electron chi connectivity index (χ4n) is 2.28. The summed E-state index contributed by atoms with van der Waals surface area (Å²) in [5.41, 5.74) is 0. The maximum Gasteiger partial charge on any atom is 0.224 e. The molecule has 0 aliphatic rings. The summed E-state index contributed by atoms with van der Waals surface area (Å²) < 4.78 is 5.22. The van der Waals surface area contributed by atoms with Gasteiger partial charge in [0.2, 0.25) is 6.29 Å². The zero-order valence-electron chi connectivity index (χ0n) is 14.7.